The molecule has 4 aromatic carbocycles. The Bertz CT molecular complexity index is 1430. The summed E-state index contributed by atoms with van der Waals surface area (Å²) in [6, 6.07) is 30.7. The summed E-state index contributed by atoms with van der Waals surface area (Å²) in [5, 5.41) is 8.53. The lowest BCUT2D eigenvalue weighted by atomic mass is 10.0. The first-order valence-corrected chi connectivity index (χ1v) is 10.5. The van der Waals surface area contributed by atoms with Crippen LogP contribution in [0.3, 0.4) is 0 Å². The summed E-state index contributed by atoms with van der Waals surface area (Å²) in [4.78, 5) is 21.1. The molecule has 160 valence electrons. The van der Waals surface area contributed by atoms with Crippen LogP contribution < -0.4 is 16.4 Å². The Labute approximate surface area is 191 Å². The van der Waals surface area contributed by atoms with E-state index >= 15 is 0 Å². The lowest BCUT2D eigenvalue weighted by Crippen LogP contribution is -2.11. The van der Waals surface area contributed by atoms with E-state index in [0.717, 1.165) is 16.9 Å². The van der Waals surface area contributed by atoms with Gasteiger partial charge in [0.2, 0.25) is 0 Å². The van der Waals surface area contributed by atoms with Crippen LogP contribution in [0.2, 0.25) is 0 Å². The van der Waals surface area contributed by atoms with Gasteiger partial charge in [0, 0.05) is 34.3 Å². The molecule has 0 spiro atoms. The first-order valence-electron chi connectivity index (χ1n) is 10.5. The van der Waals surface area contributed by atoms with Crippen molar-refractivity contribution in [3.8, 4) is 11.3 Å². The molecule has 5 rings (SSSR count). The van der Waals surface area contributed by atoms with E-state index in [0.29, 0.717) is 22.8 Å². The van der Waals surface area contributed by atoms with E-state index in [9.17, 15) is 4.79 Å². The molecule has 0 atom stereocenters. The summed E-state index contributed by atoms with van der Waals surface area (Å²) >= 11 is 0. The number of nitrogens with one attached hydrogen (secondary N) is 2. The van der Waals surface area contributed by atoms with Crippen molar-refractivity contribution < 1.29 is 4.79 Å². The Morgan fingerprint density at radius 2 is 1.45 bits per heavy atom. The number of benzene rings is 4. The van der Waals surface area contributed by atoms with Crippen LogP contribution >= 0.6 is 0 Å². The SMILES string of the molecule is Nc1ccc(C(=O)Nc2ccc(Nc3cc(-c4ccc5ccccc5c4)ncn3)cc2)cc1. The molecule has 1 heterocycles. The fraction of sp³-hybridized carbons (Fsp3) is 0. The molecule has 1 aromatic heterocycles. The number of aromatic nitrogens is 2. The van der Waals surface area contributed by atoms with Crippen molar-refractivity contribution in [3.05, 3.63) is 109 Å². The molecule has 6 nitrogen and oxygen atoms in total. The van der Waals surface area contributed by atoms with Crippen LogP contribution in [0.1, 0.15) is 10.4 Å². The number of carbonyl (C=O) groups is 1. The number of carbonyl (C=O) groups excluding carboxylic acids is 1. The minimum Gasteiger partial charge on any atom is -0.399 e. The summed E-state index contributed by atoms with van der Waals surface area (Å²) in [6.07, 6.45) is 1.55. The van der Waals surface area contributed by atoms with Crippen LogP contribution in [0.15, 0.2) is 103 Å². The molecule has 33 heavy (non-hydrogen) atoms. The monoisotopic (exact) mass is 431 g/mol. The molecule has 0 aliphatic carbocycles. The molecule has 0 aliphatic rings. The number of nitrogen functional groups attached to an aromatic ring is 1. The summed E-state index contributed by atoms with van der Waals surface area (Å²) in [7, 11) is 0. The molecule has 0 saturated carbocycles. The van der Waals surface area contributed by atoms with Gasteiger partial charge in [-0.3, -0.25) is 4.79 Å². The fourth-order valence-electron chi connectivity index (χ4n) is 3.55. The molecule has 4 N–H and O–H groups in total. The second-order valence-corrected chi connectivity index (χ2v) is 7.63. The maximum absolute atomic E-state index is 12.4. The van der Waals surface area contributed by atoms with Gasteiger partial charge >= 0.3 is 0 Å². The van der Waals surface area contributed by atoms with Crippen molar-refractivity contribution in [1.82, 2.24) is 9.97 Å². The molecule has 0 fully saturated rings. The Kier molecular flexibility index (Phi) is 5.39. The van der Waals surface area contributed by atoms with E-state index in [-0.39, 0.29) is 5.91 Å². The third kappa shape index (κ3) is 4.65. The molecule has 1 amide bonds. The average molecular weight is 431 g/mol. The summed E-state index contributed by atoms with van der Waals surface area (Å²) in [6.45, 7) is 0. The zero-order valence-electron chi connectivity index (χ0n) is 17.7. The third-order valence-corrected chi connectivity index (χ3v) is 5.30. The molecular weight excluding hydrogens is 410 g/mol. The van der Waals surface area contributed by atoms with Gasteiger partial charge in [0.25, 0.3) is 5.91 Å². The maximum Gasteiger partial charge on any atom is 0.255 e. The molecule has 0 bridgehead atoms. The van der Waals surface area contributed by atoms with Crippen LogP contribution in [0, 0.1) is 0 Å². The molecule has 0 aliphatic heterocycles. The number of hydrogen-bond acceptors (Lipinski definition) is 5. The maximum atomic E-state index is 12.4. The zero-order chi connectivity index (χ0) is 22.6. The fourth-order valence-corrected chi connectivity index (χ4v) is 3.55. The lowest BCUT2D eigenvalue weighted by molar-refractivity contribution is 0.102. The zero-order valence-corrected chi connectivity index (χ0v) is 17.7. The Morgan fingerprint density at radius 3 is 2.24 bits per heavy atom. The molecular formula is C27H21N5O. The normalized spacial score (nSPS) is 10.7. The van der Waals surface area contributed by atoms with Gasteiger partial charge in [-0.05, 0) is 65.4 Å². The summed E-state index contributed by atoms with van der Waals surface area (Å²) in [5.41, 5.74) is 10.3. The van der Waals surface area contributed by atoms with Gasteiger partial charge in [-0.15, -0.1) is 0 Å². The molecule has 6 heteroatoms. The number of rotatable bonds is 5. The molecule has 0 saturated heterocycles. The van der Waals surface area contributed by atoms with Crippen molar-refractivity contribution in [2.45, 2.75) is 0 Å². The van der Waals surface area contributed by atoms with Gasteiger partial charge in [-0.1, -0.05) is 36.4 Å². The van der Waals surface area contributed by atoms with Gasteiger partial charge in [-0.2, -0.15) is 0 Å². The van der Waals surface area contributed by atoms with E-state index in [1.165, 1.54) is 10.8 Å². The highest BCUT2D eigenvalue weighted by atomic mass is 16.1. The van der Waals surface area contributed by atoms with Gasteiger partial charge in [0.1, 0.15) is 12.1 Å². The van der Waals surface area contributed by atoms with E-state index in [2.05, 4.69) is 50.9 Å². The van der Waals surface area contributed by atoms with Crippen molar-refractivity contribution in [2.24, 2.45) is 0 Å². The average Bonchev–Trinajstić information content (AvgIpc) is 2.85. The van der Waals surface area contributed by atoms with E-state index < -0.39 is 0 Å². The number of hydrogen-bond donors (Lipinski definition) is 3. The highest BCUT2D eigenvalue weighted by Gasteiger charge is 2.07. The number of fused-ring (bicyclic) bond motifs is 1. The number of nitrogens with zero attached hydrogens (tertiary/aromatic N) is 2. The third-order valence-electron chi connectivity index (χ3n) is 5.30. The smallest absolute Gasteiger partial charge is 0.255 e. The minimum atomic E-state index is -0.188. The summed E-state index contributed by atoms with van der Waals surface area (Å²) in [5.74, 6) is 0.498. The summed E-state index contributed by atoms with van der Waals surface area (Å²) < 4.78 is 0. The predicted octanol–water partition coefficient (Wildman–Crippen LogP) is 5.87. The molecule has 5 aromatic rings. The minimum absolute atomic E-state index is 0.188. The van der Waals surface area contributed by atoms with Gasteiger partial charge < -0.3 is 16.4 Å². The van der Waals surface area contributed by atoms with Crippen molar-refractivity contribution in [2.75, 3.05) is 16.4 Å². The molecule has 0 radical (unpaired) electrons. The quantitative estimate of drug-likeness (QED) is 0.302. The lowest BCUT2D eigenvalue weighted by Gasteiger charge is -2.10. The van der Waals surface area contributed by atoms with Crippen molar-refractivity contribution in [1.29, 1.82) is 0 Å². The Morgan fingerprint density at radius 1 is 0.727 bits per heavy atom. The van der Waals surface area contributed by atoms with Crippen LogP contribution in [-0.4, -0.2) is 15.9 Å². The number of nitrogens with two attached hydrogens (primary N) is 1. The van der Waals surface area contributed by atoms with Crippen LogP contribution in [0.4, 0.5) is 22.9 Å². The van der Waals surface area contributed by atoms with E-state index in [4.69, 9.17) is 5.73 Å². The largest absolute Gasteiger partial charge is 0.399 e. The first-order chi connectivity index (χ1) is 16.1. The van der Waals surface area contributed by atoms with E-state index in [1.54, 1.807) is 30.6 Å². The second kappa shape index (κ2) is 8.80. The Balaban J connectivity index is 1.29. The topological polar surface area (TPSA) is 92.9 Å². The standard InChI is InChI=1S/C27H21N5O/c28-22-9-7-19(8-10-22)27(33)32-24-13-11-23(12-14-24)31-26-16-25(29-17-30-26)21-6-5-18-3-1-2-4-20(18)15-21/h1-17H,28H2,(H,32,33)(H,29,30,31). The van der Waals surface area contributed by atoms with Crippen molar-refractivity contribution >= 4 is 39.6 Å². The first kappa shape index (κ1) is 20.2. The van der Waals surface area contributed by atoms with Crippen molar-refractivity contribution in [3.63, 3.8) is 0 Å². The number of anilines is 4. The highest BCUT2D eigenvalue weighted by Crippen LogP contribution is 2.25. The van der Waals surface area contributed by atoms with Gasteiger partial charge in [0.15, 0.2) is 0 Å². The van der Waals surface area contributed by atoms with Gasteiger partial charge in [-0.25, -0.2) is 9.97 Å². The Hall–Kier alpha value is -4.71. The predicted molar refractivity (Wildman–Crippen MR) is 134 cm³/mol. The van der Waals surface area contributed by atoms with Crippen LogP contribution in [0.25, 0.3) is 22.0 Å². The highest BCUT2D eigenvalue weighted by molar-refractivity contribution is 6.04. The van der Waals surface area contributed by atoms with Crippen LogP contribution in [-0.2, 0) is 0 Å². The molecule has 0 unspecified atom stereocenters. The van der Waals surface area contributed by atoms with Crippen LogP contribution in [0.5, 0.6) is 0 Å². The van der Waals surface area contributed by atoms with Gasteiger partial charge in [0.05, 0.1) is 5.69 Å². The second-order valence-electron chi connectivity index (χ2n) is 7.63. The number of amides is 1. The van der Waals surface area contributed by atoms with E-state index in [1.807, 2.05) is 42.5 Å².